The lowest BCUT2D eigenvalue weighted by atomic mass is 9.86. The molecule has 4 rings (SSSR count). The molecule has 0 aliphatic carbocycles. The fraction of sp³-hybridized carbons (Fsp3) is 0.379. The van der Waals surface area contributed by atoms with Crippen LogP contribution < -0.4 is 4.18 Å². The molecule has 214 valence electrons. The number of aryl methyl sites for hydroxylation is 3. The number of hydrogen-bond acceptors (Lipinski definition) is 9. The third-order valence-electron chi connectivity index (χ3n) is 6.64. The Kier molecular flexibility index (Phi) is 8.01. The van der Waals surface area contributed by atoms with Crippen LogP contribution in [0.5, 0.6) is 11.5 Å². The van der Waals surface area contributed by atoms with Gasteiger partial charge in [0.2, 0.25) is 5.03 Å². The van der Waals surface area contributed by atoms with Gasteiger partial charge in [-0.1, -0.05) is 44.7 Å². The minimum atomic E-state index is -4.15. The molecule has 0 radical (unpaired) electrons. The zero-order valence-electron chi connectivity index (χ0n) is 23.4. The average Bonchev–Trinajstić information content (AvgIpc) is 3.29. The number of aliphatic hydroxyl groups is 1. The van der Waals surface area contributed by atoms with Crippen molar-refractivity contribution in [1.29, 1.82) is 0 Å². The van der Waals surface area contributed by atoms with E-state index in [4.69, 9.17) is 8.92 Å². The SMILES string of the molecule is Cc1cc(SC2=C(O)CC(C)(CCc3ccc(O)cc3)OC2=O)c(C(C)(C)C)cc1OS(=O)(=O)c1cn(C)cn1. The van der Waals surface area contributed by atoms with Gasteiger partial charge in [-0.2, -0.15) is 8.42 Å². The zero-order valence-corrected chi connectivity index (χ0v) is 25.0. The molecule has 1 atom stereocenters. The third-order valence-corrected chi connectivity index (χ3v) is 8.93. The normalized spacial score (nSPS) is 18.1. The standard InChI is InChI=1S/C29H34N2O7S2/c1-18-13-24(21(28(2,3)4)14-23(18)38-40(35,36)25-16-31(6)17-30-25)39-26-22(33)15-29(5,37-27(26)34)12-11-19-7-9-20(32)10-8-19/h7-10,13-14,16-17,32-33H,11-12,15H2,1-6H3. The molecule has 2 heterocycles. The average molecular weight is 587 g/mol. The Morgan fingerprint density at radius 3 is 2.42 bits per heavy atom. The molecule has 0 bridgehead atoms. The second-order valence-corrected chi connectivity index (χ2v) is 13.9. The van der Waals surface area contributed by atoms with Gasteiger partial charge in [-0.15, -0.1) is 0 Å². The number of imidazole rings is 1. The molecule has 0 fully saturated rings. The van der Waals surface area contributed by atoms with Crippen molar-refractivity contribution < 1.29 is 32.3 Å². The van der Waals surface area contributed by atoms with E-state index in [2.05, 4.69) is 4.98 Å². The quantitative estimate of drug-likeness (QED) is 0.252. The number of hydrogen-bond donors (Lipinski definition) is 2. The van der Waals surface area contributed by atoms with E-state index in [0.717, 1.165) is 22.9 Å². The number of rotatable bonds is 8. The van der Waals surface area contributed by atoms with E-state index < -0.39 is 27.1 Å². The lowest BCUT2D eigenvalue weighted by Crippen LogP contribution is -2.37. The van der Waals surface area contributed by atoms with Crippen LogP contribution in [0.1, 0.15) is 57.2 Å². The topological polar surface area (TPSA) is 128 Å². The molecule has 1 aliphatic rings. The Labute approximate surface area is 239 Å². The lowest BCUT2D eigenvalue weighted by molar-refractivity contribution is -0.156. The summed E-state index contributed by atoms with van der Waals surface area (Å²) in [6.45, 7) is 9.40. The van der Waals surface area contributed by atoms with Crippen molar-refractivity contribution in [3.8, 4) is 11.5 Å². The number of carbonyl (C=O) groups excluding carboxylic acids is 1. The number of aromatic nitrogens is 2. The summed E-state index contributed by atoms with van der Waals surface area (Å²) in [6, 6.07) is 10.2. The number of esters is 1. The largest absolute Gasteiger partial charge is 0.511 e. The van der Waals surface area contributed by atoms with Crippen molar-refractivity contribution in [3.05, 3.63) is 76.3 Å². The van der Waals surface area contributed by atoms with E-state index in [1.54, 1.807) is 45.2 Å². The van der Waals surface area contributed by atoms with Crippen molar-refractivity contribution in [2.75, 3.05) is 0 Å². The van der Waals surface area contributed by atoms with Gasteiger partial charge in [0.05, 0.1) is 6.33 Å². The molecule has 11 heteroatoms. The van der Waals surface area contributed by atoms with Gasteiger partial charge in [0.1, 0.15) is 27.8 Å². The Morgan fingerprint density at radius 2 is 1.85 bits per heavy atom. The molecule has 0 saturated heterocycles. The molecular formula is C29H34N2O7S2. The second kappa shape index (κ2) is 10.9. The fourth-order valence-corrected chi connectivity index (χ4v) is 6.60. The van der Waals surface area contributed by atoms with E-state index in [1.807, 2.05) is 32.9 Å². The Bertz CT molecular complexity index is 1570. The third kappa shape index (κ3) is 6.64. The number of aliphatic hydroxyl groups excluding tert-OH is 1. The van der Waals surface area contributed by atoms with Gasteiger partial charge in [-0.05, 0) is 73.1 Å². The first-order chi connectivity index (χ1) is 18.6. The summed E-state index contributed by atoms with van der Waals surface area (Å²) < 4.78 is 38.5. The number of aromatic hydroxyl groups is 1. The van der Waals surface area contributed by atoms with Crippen LogP contribution in [0.2, 0.25) is 0 Å². The van der Waals surface area contributed by atoms with Gasteiger partial charge < -0.3 is 23.7 Å². The summed E-state index contributed by atoms with van der Waals surface area (Å²) in [4.78, 5) is 17.8. The smallest absolute Gasteiger partial charge is 0.358 e. The Hall–Kier alpha value is -3.44. The minimum Gasteiger partial charge on any atom is -0.511 e. The van der Waals surface area contributed by atoms with Crippen LogP contribution in [0.3, 0.4) is 0 Å². The minimum absolute atomic E-state index is 0.0509. The first kappa shape index (κ1) is 29.5. The summed E-state index contributed by atoms with van der Waals surface area (Å²) in [5.41, 5.74) is 0.928. The van der Waals surface area contributed by atoms with Crippen LogP contribution in [0.25, 0.3) is 0 Å². The van der Waals surface area contributed by atoms with Crippen LogP contribution in [-0.2, 0) is 38.5 Å². The number of benzene rings is 2. The maximum Gasteiger partial charge on any atom is 0.358 e. The van der Waals surface area contributed by atoms with Crippen molar-refractivity contribution >= 4 is 27.8 Å². The summed E-state index contributed by atoms with van der Waals surface area (Å²) in [5.74, 6) is -0.325. The molecule has 3 aromatic rings. The summed E-state index contributed by atoms with van der Waals surface area (Å²) >= 11 is 1.10. The van der Waals surface area contributed by atoms with Gasteiger partial charge in [0, 0.05) is 24.6 Å². The van der Waals surface area contributed by atoms with Crippen molar-refractivity contribution in [2.24, 2.45) is 7.05 Å². The molecule has 40 heavy (non-hydrogen) atoms. The lowest BCUT2D eigenvalue weighted by Gasteiger charge is -2.34. The Morgan fingerprint density at radius 1 is 1.18 bits per heavy atom. The number of phenolic OH excluding ortho intramolecular Hbond substituents is 1. The molecule has 0 saturated carbocycles. The first-order valence-electron chi connectivity index (χ1n) is 12.8. The number of nitrogens with zero attached hydrogens (tertiary/aromatic N) is 2. The molecule has 0 amide bonds. The molecule has 2 aromatic carbocycles. The van der Waals surface area contributed by atoms with Gasteiger partial charge >= 0.3 is 16.1 Å². The molecule has 1 aromatic heterocycles. The van der Waals surface area contributed by atoms with E-state index >= 15 is 0 Å². The number of thioether (sulfide) groups is 1. The highest BCUT2D eigenvalue weighted by atomic mass is 32.2. The molecule has 2 N–H and O–H groups in total. The predicted octanol–water partition coefficient (Wildman–Crippen LogP) is 5.70. The first-order valence-corrected chi connectivity index (χ1v) is 15.0. The second-order valence-electron chi connectivity index (χ2n) is 11.3. The van der Waals surface area contributed by atoms with E-state index in [1.165, 1.54) is 17.1 Å². The summed E-state index contributed by atoms with van der Waals surface area (Å²) in [5, 5.41) is 20.3. The number of ether oxygens (including phenoxy) is 1. The highest BCUT2D eigenvalue weighted by molar-refractivity contribution is 8.04. The summed E-state index contributed by atoms with van der Waals surface area (Å²) in [7, 11) is -2.48. The molecule has 9 nitrogen and oxygen atoms in total. The van der Waals surface area contributed by atoms with Crippen molar-refractivity contribution in [2.45, 2.75) is 74.8 Å². The van der Waals surface area contributed by atoms with E-state index in [9.17, 15) is 23.4 Å². The number of cyclic esters (lactones) is 1. The number of carbonyl (C=O) groups is 1. The van der Waals surface area contributed by atoms with Crippen LogP contribution in [-0.4, -0.2) is 39.8 Å². The predicted molar refractivity (Wildman–Crippen MR) is 152 cm³/mol. The molecule has 0 spiro atoms. The van der Waals surface area contributed by atoms with E-state index in [0.29, 0.717) is 23.3 Å². The molecule has 1 unspecified atom stereocenters. The maximum absolute atomic E-state index is 13.1. The summed E-state index contributed by atoms with van der Waals surface area (Å²) in [6.07, 6.45) is 4.00. The van der Waals surface area contributed by atoms with Gasteiger partial charge in [0.25, 0.3) is 0 Å². The van der Waals surface area contributed by atoms with Crippen LogP contribution in [0.4, 0.5) is 0 Å². The van der Waals surface area contributed by atoms with Gasteiger partial charge in [0.15, 0.2) is 0 Å². The highest BCUT2D eigenvalue weighted by Crippen LogP contribution is 2.44. The molecule has 1 aliphatic heterocycles. The highest BCUT2D eigenvalue weighted by Gasteiger charge is 2.39. The van der Waals surface area contributed by atoms with Gasteiger partial charge in [-0.3, -0.25) is 0 Å². The van der Waals surface area contributed by atoms with Crippen LogP contribution >= 0.6 is 11.8 Å². The van der Waals surface area contributed by atoms with E-state index in [-0.39, 0.29) is 33.6 Å². The maximum atomic E-state index is 13.1. The Balaban J connectivity index is 1.59. The van der Waals surface area contributed by atoms with Crippen LogP contribution in [0, 0.1) is 6.92 Å². The zero-order chi connectivity index (χ0) is 29.5. The van der Waals surface area contributed by atoms with Crippen molar-refractivity contribution in [1.82, 2.24) is 9.55 Å². The fourth-order valence-electron chi connectivity index (χ4n) is 4.38. The molecular weight excluding hydrogens is 552 g/mol. The van der Waals surface area contributed by atoms with Crippen molar-refractivity contribution in [3.63, 3.8) is 0 Å². The van der Waals surface area contributed by atoms with Crippen LogP contribution in [0.15, 0.2) is 69.5 Å². The van der Waals surface area contributed by atoms with Gasteiger partial charge in [-0.25, -0.2) is 9.78 Å². The monoisotopic (exact) mass is 586 g/mol. The number of phenols is 1.